The van der Waals surface area contributed by atoms with E-state index in [1.807, 2.05) is 37.6 Å². The summed E-state index contributed by atoms with van der Waals surface area (Å²) in [7, 11) is 1.91. The van der Waals surface area contributed by atoms with E-state index < -0.39 is 0 Å². The fourth-order valence-corrected chi connectivity index (χ4v) is 4.76. The van der Waals surface area contributed by atoms with Crippen LogP contribution in [0.3, 0.4) is 0 Å². The number of nitriles is 1. The Bertz CT molecular complexity index is 1140. The molecule has 3 aromatic rings. The van der Waals surface area contributed by atoms with E-state index >= 15 is 0 Å². The molecule has 7 nitrogen and oxygen atoms in total. The maximum absolute atomic E-state index is 13.1. The predicted molar refractivity (Wildman–Crippen MR) is 139 cm³/mol. The monoisotopic (exact) mass is 476 g/mol. The lowest BCUT2D eigenvalue weighted by Crippen LogP contribution is -2.33. The molecule has 0 radical (unpaired) electrons. The largest absolute Gasteiger partial charge is 0.372 e. The van der Waals surface area contributed by atoms with Crippen LogP contribution in [-0.4, -0.2) is 46.1 Å². The second-order valence-electron chi connectivity index (χ2n) is 8.17. The normalized spacial score (nSPS) is 10.7. The Morgan fingerprint density at radius 3 is 2.26 bits per heavy atom. The van der Waals surface area contributed by atoms with Gasteiger partial charge in [-0.1, -0.05) is 17.8 Å². The van der Waals surface area contributed by atoms with Gasteiger partial charge in [0.05, 0.1) is 18.2 Å². The van der Waals surface area contributed by atoms with Crippen LogP contribution >= 0.6 is 11.8 Å². The van der Waals surface area contributed by atoms with E-state index in [1.54, 1.807) is 4.90 Å². The van der Waals surface area contributed by atoms with Crippen molar-refractivity contribution in [2.24, 2.45) is 7.05 Å². The SMILES string of the molecule is CCN(CC)c1ccc(-c2nnc(SCC(=O)N(CCC#N)c3cc(C)cc(C)c3)n2C)cc1. The Labute approximate surface area is 206 Å². The van der Waals surface area contributed by atoms with E-state index in [0.717, 1.165) is 41.3 Å². The predicted octanol–water partition coefficient (Wildman–Crippen LogP) is 4.98. The van der Waals surface area contributed by atoms with Crippen molar-refractivity contribution in [1.82, 2.24) is 14.8 Å². The van der Waals surface area contributed by atoms with Crippen LogP contribution in [0.15, 0.2) is 47.6 Å². The van der Waals surface area contributed by atoms with Crippen LogP contribution in [-0.2, 0) is 11.8 Å². The summed E-state index contributed by atoms with van der Waals surface area (Å²) in [6, 6.07) is 16.5. The van der Waals surface area contributed by atoms with E-state index in [9.17, 15) is 4.79 Å². The minimum atomic E-state index is -0.0571. The van der Waals surface area contributed by atoms with Crippen molar-refractivity contribution in [2.75, 3.05) is 35.2 Å². The fourth-order valence-electron chi connectivity index (χ4n) is 3.97. The molecule has 0 N–H and O–H groups in total. The van der Waals surface area contributed by atoms with Gasteiger partial charge in [-0.05, 0) is 75.2 Å². The first kappa shape index (κ1) is 25.3. The Morgan fingerprint density at radius 2 is 1.68 bits per heavy atom. The topological polar surface area (TPSA) is 78.1 Å². The summed E-state index contributed by atoms with van der Waals surface area (Å²) in [4.78, 5) is 17.1. The molecule has 0 unspecified atom stereocenters. The molecule has 0 bridgehead atoms. The van der Waals surface area contributed by atoms with Gasteiger partial charge in [0.1, 0.15) is 0 Å². The standard InChI is InChI=1S/C26H32N6OS/c1-6-31(7-2)22-11-9-21(10-12-22)25-28-29-26(30(25)5)34-18-24(33)32(14-8-13-27)23-16-19(3)15-20(4)17-23/h9-12,15-17H,6-8,14,18H2,1-5H3. The summed E-state index contributed by atoms with van der Waals surface area (Å²) in [5, 5.41) is 18.4. The average molecular weight is 477 g/mol. The number of carbonyl (C=O) groups is 1. The van der Waals surface area contributed by atoms with E-state index in [2.05, 4.69) is 65.3 Å². The van der Waals surface area contributed by atoms with Gasteiger partial charge in [-0.2, -0.15) is 5.26 Å². The highest BCUT2D eigenvalue weighted by Crippen LogP contribution is 2.26. The molecule has 0 saturated heterocycles. The Hall–Kier alpha value is -3.31. The summed E-state index contributed by atoms with van der Waals surface area (Å²) in [6.45, 7) is 10.6. The van der Waals surface area contributed by atoms with Crippen molar-refractivity contribution in [3.8, 4) is 17.5 Å². The van der Waals surface area contributed by atoms with Crippen molar-refractivity contribution >= 4 is 29.0 Å². The van der Waals surface area contributed by atoms with Gasteiger partial charge in [-0.25, -0.2) is 0 Å². The maximum Gasteiger partial charge on any atom is 0.237 e. The number of hydrogen-bond donors (Lipinski definition) is 0. The number of aryl methyl sites for hydroxylation is 2. The molecule has 2 aromatic carbocycles. The second-order valence-corrected chi connectivity index (χ2v) is 9.11. The van der Waals surface area contributed by atoms with Gasteiger partial charge in [0.25, 0.3) is 0 Å². The molecule has 0 fully saturated rings. The zero-order valence-corrected chi connectivity index (χ0v) is 21.4. The van der Waals surface area contributed by atoms with Crippen LogP contribution in [0.25, 0.3) is 11.4 Å². The third-order valence-corrected chi connectivity index (χ3v) is 6.69. The highest BCUT2D eigenvalue weighted by molar-refractivity contribution is 7.99. The molecule has 0 aliphatic rings. The molecule has 1 amide bonds. The van der Waals surface area contributed by atoms with E-state index in [4.69, 9.17) is 5.26 Å². The van der Waals surface area contributed by atoms with Crippen molar-refractivity contribution in [3.63, 3.8) is 0 Å². The highest BCUT2D eigenvalue weighted by Gasteiger charge is 2.19. The number of hydrogen-bond acceptors (Lipinski definition) is 6. The van der Waals surface area contributed by atoms with Crippen molar-refractivity contribution in [2.45, 2.75) is 39.3 Å². The molecule has 1 aromatic heterocycles. The molecule has 0 spiro atoms. The molecule has 0 aliphatic heterocycles. The number of benzene rings is 2. The molecule has 3 rings (SSSR count). The first-order valence-corrected chi connectivity index (χ1v) is 12.5. The summed E-state index contributed by atoms with van der Waals surface area (Å²) < 4.78 is 1.92. The van der Waals surface area contributed by atoms with Crippen LogP contribution in [0.5, 0.6) is 0 Å². The number of nitrogens with zero attached hydrogens (tertiary/aromatic N) is 6. The number of anilines is 2. The van der Waals surface area contributed by atoms with Crippen LogP contribution in [0.4, 0.5) is 11.4 Å². The lowest BCUT2D eigenvalue weighted by atomic mass is 10.1. The van der Waals surface area contributed by atoms with Gasteiger partial charge in [-0.15, -0.1) is 10.2 Å². The molecule has 34 heavy (non-hydrogen) atoms. The van der Waals surface area contributed by atoms with Gasteiger partial charge in [0.2, 0.25) is 5.91 Å². The average Bonchev–Trinajstić information content (AvgIpc) is 3.19. The number of amides is 1. The first-order valence-electron chi connectivity index (χ1n) is 11.5. The summed E-state index contributed by atoms with van der Waals surface area (Å²) in [6.07, 6.45) is 0.279. The first-order chi connectivity index (χ1) is 16.4. The Kier molecular flexibility index (Phi) is 8.72. The third-order valence-electron chi connectivity index (χ3n) is 5.68. The zero-order valence-electron chi connectivity index (χ0n) is 20.6. The second kappa shape index (κ2) is 11.7. The van der Waals surface area contributed by atoms with Gasteiger partial charge in [0, 0.05) is 43.6 Å². The van der Waals surface area contributed by atoms with E-state index in [0.29, 0.717) is 11.7 Å². The quantitative estimate of drug-likeness (QED) is 0.384. The van der Waals surface area contributed by atoms with Crippen LogP contribution in [0, 0.1) is 25.2 Å². The lowest BCUT2D eigenvalue weighted by Gasteiger charge is -2.22. The summed E-state index contributed by atoms with van der Waals surface area (Å²) in [5.74, 6) is 0.917. The fraction of sp³-hybridized carbons (Fsp3) is 0.385. The van der Waals surface area contributed by atoms with Crippen molar-refractivity contribution in [1.29, 1.82) is 5.26 Å². The molecular weight excluding hydrogens is 444 g/mol. The smallest absolute Gasteiger partial charge is 0.237 e. The maximum atomic E-state index is 13.1. The zero-order chi connectivity index (χ0) is 24.7. The number of rotatable bonds is 10. The Balaban J connectivity index is 1.73. The van der Waals surface area contributed by atoms with Gasteiger partial charge in [0.15, 0.2) is 11.0 Å². The van der Waals surface area contributed by atoms with Gasteiger partial charge >= 0.3 is 0 Å². The van der Waals surface area contributed by atoms with Crippen molar-refractivity contribution in [3.05, 3.63) is 53.6 Å². The number of aromatic nitrogens is 3. The third kappa shape index (κ3) is 5.97. The minimum Gasteiger partial charge on any atom is -0.372 e. The van der Waals surface area contributed by atoms with E-state index in [1.165, 1.54) is 17.4 Å². The number of thioether (sulfide) groups is 1. The van der Waals surface area contributed by atoms with E-state index in [-0.39, 0.29) is 18.1 Å². The lowest BCUT2D eigenvalue weighted by molar-refractivity contribution is -0.116. The van der Waals surface area contributed by atoms with Crippen LogP contribution in [0.1, 0.15) is 31.4 Å². The summed E-state index contributed by atoms with van der Waals surface area (Å²) >= 11 is 1.36. The van der Waals surface area contributed by atoms with Gasteiger partial charge < -0.3 is 14.4 Å². The molecular formula is C26H32N6OS. The Morgan fingerprint density at radius 1 is 1.03 bits per heavy atom. The van der Waals surface area contributed by atoms with Crippen molar-refractivity contribution < 1.29 is 4.79 Å². The number of carbonyl (C=O) groups excluding carboxylic acids is 1. The minimum absolute atomic E-state index is 0.0571. The highest BCUT2D eigenvalue weighted by atomic mass is 32.2. The molecule has 1 heterocycles. The molecule has 0 atom stereocenters. The molecule has 178 valence electrons. The molecule has 0 aliphatic carbocycles. The van der Waals surface area contributed by atoms with Gasteiger partial charge in [-0.3, -0.25) is 4.79 Å². The van der Waals surface area contributed by atoms with Crippen LogP contribution < -0.4 is 9.80 Å². The van der Waals surface area contributed by atoms with Crippen LogP contribution in [0.2, 0.25) is 0 Å². The molecule has 0 saturated carbocycles. The summed E-state index contributed by atoms with van der Waals surface area (Å²) in [5.41, 5.74) is 5.16. The molecule has 8 heteroatoms.